The summed E-state index contributed by atoms with van der Waals surface area (Å²) in [4.78, 5) is 23.9. The summed E-state index contributed by atoms with van der Waals surface area (Å²) in [5, 5.41) is 0.536. The van der Waals surface area contributed by atoms with Crippen LogP contribution in [-0.4, -0.2) is 25.0 Å². The number of hydrogen-bond donors (Lipinski definition) is 2. The van der Waals surface area contributed by atoms with E-state index in [0.29, 0.717) is 35.3 Å². The van der Waals surface area contributed by atoms with Crippen molar-refractivity contribution in [3.05, 3.63) is 58.6 Å². The summed E-state index contributed by atoms with van der Waals surface area (Å²) in [6.07, 6.45) is 0.109. The lowest BCUT2D eigenvalue weighted by molar-refractivity contribution is -0.121. The van der Waals surface area contributed by atoms with Crippen LogP contribution >= 0.6 is 11.6 Å². The number of carbonyl (C=O) groups excluding carboxylic acids is 2. The van der Waals surface area contributed by atoms with Gasteiger partial charge in [-0.3, -0.25) is 20.4 Å². The molecule has 7 heteroatoms. The molecule has 1 aliphatic rings. The zero-order valence-electron chi connectivity index (χ0n) is 12.7. The van der Waals surface area contributed by atoms with Crippen molar-refractivity contribution in [1.29, 1.82) is 0 Å². The average molecular weight is 347 g/mol. The third kappa shape index (κ3) is 3.97. The third-order valence-corrected chi connectivity index (χ3v) is 3.65. The Morgan fingerprint density at radius 3 is 2.42 bits per heavy atom. The fourth-order valence-electron chi connectivity index (χ4n) is 2.23. The van der Waals surface area contributed by atoms with Gasteiger partial charge in [0, 0.05) is 10.6 Å². The van der Waals surface area contributed by atoms with Gasteiger partial charge >= 0.3 is 0 Å². The van der Waals surface area contributed by atoms with Gasteiger partial charge in [0.2, 0.25) is 5.91 Å². The van der Waals surface area contributed by atoms with E-state index in [2.05, 4.69) is 10.9 Å². The topological polar surface area (TPSA) is 76.7 Å². The number of halogens is 1. The van der Waals surface area contributed by atoms with Crippen LogP contribution < -0.4 is 20.3 Å². The van der Waals surface area contributed by atoms with Crippen LogP contribution in [-0.2, 0) is 11.2 Å². The van der Waals surface area contributed by atoms with Crippen LogP contribution in [0.25, 0.3) is 0 Å². The van der Waals surface area contributed by atoms with Crippen molar-refractivity contribution in [3.63, 3.8) is 0 Å². The second kappa shape index (κ2) is 7.23. The normalized spacial score (nSPS) is 12.4. The molecule has 0 aliphatic carbocycles. The summed E-state index contributed by atoms with van der Waals surface area (Å²) >= 11 is 5.76. The summed E-state index contributed by atoms with van der Waals surface area (Å²) in [6.45, 7) is 1.00. The highest BCUT2D eigenvalue weighted by atomic mass is 35.5. The van der Waals surface area contributed by atoms with E-state index in [9.17, 15) is 9.59 Å². The molecule has 0 aromatic heterocycles. The average Bonchev–Trinajstić information content (AvgIpc) is 2.60. The van der Waals surface area contributed by atoms with Crippen LogP contribution in [0.5, 0.6) is 11.5 Å². The number of amides is 2. The summed E-state index contributed by atoms with van der Waals surface area (Å²) in [7, 11) is 0. The molecule has 24 heavy (non-hydrogen) atoms. The van der Waals surface area contributed by atoms with Crippen molar-refractivity contribution in [2.24, 2.45) is 0 Å². The smallest absolute Gasteiger partial charge is 0.269 e. The van der Waals surface area contributed by atoms with Crippen LogP contribution in [0.2, 0.25) is 5.02 Å². The van der Waals surface area contributed by atoms with E-state index in [0.717, 1.165) is 5.56 Å². The number of fused-ring (bicyclic) bond motifs is 1. The molecule has 0 fully saturated rings. The second-order valence-corrected chi connectivity index (χ2v) is 5.60. The maximum Gasteiger partial charge on any atom is 0.269 e. The number of benzene rings is 2. The highest BCUT2D eigenvalue weighted by Gasteiger charge is 2.13. The number of rotatable bonds is 3. The fourth-order valence-corrected chi connectivity index (χ4v) is 2.35. The lowest BCUT2D eigenvalue weighted by Crippen LogP contribution is -2.42. The second-order valence-electron chi connectivity index (χ2n) is 5.16. The Balaban J connectivity index is 1.54. The molecule has 6 nitrogen and oxygen atoms in total. The molecule has 0 radical (unpaired) electrons. The Hall–Kier alpha value is -2.73. The van der Waals surface area contributed by atoms with E-state index in [4.69, 9.17) is 21.1 Å². The highest BCUT2D eigenvalue weighted by molar-refractivity contribution is 6.30. The third-order valence-electron chi connectivity index (χ3n) is 3.39. The molecule has 3 rings (SSSR count). The predicted octanol–water partition coefficient (Wildman–Crippen LogP) is 2.11. The molecule has 2 N–H and O–H groups in total. The first kappa shape index (κ1) is 16.1. The molecule has 0 atom stereocenters. The molecule has 0 saturated carbocycles. The number of nitrogens with one attached hydrogen (secondary N) is 2. The lowest BCUT2D eigenvalue weighted by atomic mass is 10.1. The number of hydrogen-bond acceptors (Lipinski definition) is 4. The zero-order valence-corrected chi connectivity index (χ0v) is 13.4. The molecular formula is C17H15ClN2O4. The maximum absolute atomic E-state index is 12.0. The van der Waals surface area contributed by atoms with E-state index in [1.165, 1.54) is 0 Å². The van der Waals surface area contributed by atoms with Gasteiger partial charge in [-0.15, -0.1) is 0 Å². The van der Waals surface area contributed by atoms with Crippen LogP contribution in [0.3, 0.4) is 0 Å². The largest absolute Gasteiger partial charge is 0.486 e. The first-order valence-corrected chi connectivity index (χ1v) is 7.73. The number of carbonyl (C=O) groups is 2. The van der Waals surface area contributed by atoms with Crippen LogP contribution in [0.15, 0.2) is 42.5 Å². The quantitative estimate of drug-likeness (QED) is 0.835. The monoisotopic (exact) mass is 346 g/mol. The molecule has 0 saturated heterocycles. The minimum absolute atomic E-state index is 0.109. The first-order valence-electron chi connectivity index (χ1n) is 7.35. The maximum atomic E-state index is 12.0. The van der Waals surface area contributed by atoms with Gasteiger partial charge in [-0.05, 0) is 42.0 Å². The summed E-state index contributed by atoms with van der Waals surface area (Å²) in [5.74, 6) is 0.536. The van der Waals surface area contributed by atoms with E-state index >= 15 is 0 Å². The molecule has 0 bridgehead atoms. The van der Waals surface area contributed by atoms with E-state index in [1.54, 1.807) is 42.5 Å². The summed E-state index contributed by atoms with van der Waals surface area (Å²) < 4.78 is 10.9. The Morgan fingerprint density at radius 2 is 1.67 bits per heavy atom. The van der Waals surface area contributed by atoms with Gasteiger partial charge in [0.05, 0.1) is 6.42 Å². The molecule has 124 valence electrons. The van der Waals surface area contributed by atoms with Gasteiger partial charge in [-0.25, -0.2) is 0 Å². The number of ether oxygens (including phenoxy) is 2. The lowest BCUT2D eigenvalue weighted by Gasteiger charge is -2.18. The molecule has 0 spiro atoms. The predicted molar refractivity (Wildman–Crippen MR) is 88.2 cm³/mol. The van der Waals surface area contributed by atoms with Gasteiger partial charge in [0.1, 0.15) is 13.2 Å². The minimum atomic E-state index is -0.415. The van der Waals surface area contributed by atoms with Crippen molar-refractivity contribution in [2.45, 2.75) is 6.42 Å². The van der Waals surface area contributed by atoms with E-state index < -0.39 is 5.91 Å². The van der Waals surface area contributed by atoms with E-state index in [-0.39, 0.29) is 12.3 Å². The Morgan fingerprint density at radius 1 is 0.958 bits per heavy atom. The van der Waals surface area contributed by atoms with Crippen molar-refractivity contribution < 1.29 is 19.1 Å². The SMILES string of the molecule is O=C(Cc1ccc2c(c1)OCCO2)NNC(=O)c1ccc(Cl)cc1. The van der Waals surface area contributed by atoms with Gasteiger partial charge in [0.25, 0.3) is 5.91 Å². The standard InChI is InChI=1S/C17H15ClN2O4/c18-13-4-2-12(3-5-13)17(22)20-19-16(21)10-11-1-6-14-15(9-11)24-8-7-23-14/h1-6,9H,7-8,10H2,(H,19,21)(H,20,22). The molecule has 0 unspecified atom stereocenters. The van der Waals surface area contributed by atoms with Crippen LogP contribution in [0, 0.1) is 0 Å². The van der Waals surface area contributed by atoms with Crippen LogP contribution in [0.4, 0.5) is 0 Å². The Kier molecular flexibility index (Phi) is 4.86. The van der Waals surface area contributed by atoms with Gasteiger partial charge in [0.15, 0.2) is 11.5 Å². The zero-order chi connectivity index (χ0) is 16.9. The Bertz CT molecular complexity index is 762. The van der Waals surface area contributed by atoms with Crippen molar-refractivity contribution in [3.8, 4) is 11.5 Å². The molecule has 1 heterocycles. The van der Waals surface area contributed by atoms with Crippen molar-refractivity contribution in [1.82, 2.24) is 10.9 Å². The van der Waals surface area contributed by atoms with Crippen LogP contribution in [0.1, 0.15) is 15.9 Å². The first-order chi connectivity index (χ1) is 11.6. The summed E-state index contributed by atoms with van der Waals surface area (Å²) in [6, 6.07) is 11.7. The van der Waals surface area contributed by atoms with Crippen molar-refractivity contribution in [2.75, 3.05) is 13.2 Å². The minimum Gasteiger partial charge on any atom is -0.486 e. The fraction of sp³-hybridized carbons (Fsp3) is 0.176. The van der Waals surface area contributed by atoms with Gasteiger partial charge in [-0.2, -0.15) is 0 Å². The molecule has 1 aliphatic heterocycles. The highest BCUT2D eigenvalue weighted by Crippen LogP contribution is 2.30. The summed E-state index contributed by atoms with van der Waals surface area (Å²) in [5.41, 5.74) is 5.91. The van der Waals surface area contributed by atoms with Crippen molar-refractivity contribution >= 4 is 23.4 Å². The molecule has 2 aromatic carbocycles. The van der Waals surface area contributed by atoms with Gasteiger partial charge in [-0.1, -0.05) is 17.7 Å². The molecule has 2 amide bonds. The molecular weight excluding hydrogens is 332 g/mol. The Labute approximate surface area is 143 Å². The van der Waals surface area contributed by atoms with E-state index in [1.807, 2.05) is 0 Å². The molecule has 2 aromatic rings. The van der Waals surface area contributed by atoms with Gasteiger partial charge < -0.3 is 9.47 Å². The number of hydrazine groups is 1.